The molecule has 0 spiro atoms. The minimum absolute atomic E-state index is 0.204. The number of benzene rings is 2. The van der Waals surface area contributed by atoms with E-state index in [4.69, 9.17) is 0 Å². The summed E-state index contributed by atoms with van der Waals surface area (Å²) in [5.41, 5.74) is 1.22. The van der Waals surface area contributed by atoms with Crippen molar-refractivity contribution in [1.29, 1.82) is 0 Å². The molecule has 100 valence electrons. The van der Waals surface area contributed by atoms with Crippen LogP contribution >= 0.6 is 15.9 Å². The second-order valence-corrected chi connectivity index (χ2v) is 8.44. The van der Waals surface area contributed by atoms with Crippen molar-refractivity contribution in [3.8, 4) is 0 Å². The fraction of sp³-hybridized carbons (Fsp3) is 0.200. The normalized spacial score (nSPS) is 23.1. The summed E-state index contributed by atoms with van der Waals surface area (Å²) in [6.45, 7) is 0. The van der Waals surface area contributed by atoms with Crippen LogP contribution < -0.4 is 4.72 Å². The predicted octanol–water partition coefficient (Wildman–Crippen LogP) is 3.47. The maximum Gasteiger partial charge on any atom is 0.0437 e. The molecule has 0 aliphatic carbocycles. The van der Waals surface area contributed by atoms with Gasteiger partial charge in [0, 0.05) is 21.2 Å². The molecule has 0 radical (unpaired) electrons. The topological polar surface area (TPSA) is 29.1 Å². The van der Waals surface area contributed by atoms with E-state index in [0.717, 1.165) is 21.5 Å². The molecule has 3 rings (SSSR count). The van der Waals surface area contributed by atoms with Crippen molar-refractivity contribution in [2.45, 2.75) is 17.4 Å². The van der Waals surface area contributed by atoms with E-state index >= 15 is 0 Å². The van der Waals surface area contributed by atoms with E-state index in [-0.39, 0.29) is 6.04 Å². The van der Waals surface area contributed by atoms with Crippen LogP contribution in [0, 0.1) is 0 Å². The summed E-state index contributed by atoms with van der Waals surface area (Å²) in [5, 5.41) is 0. The molecule has 0 aromatic heterocycles. The number of thiol groups is 1. The molecule has 0 bridgehead atoms. The number of hydrogen-bond acceptors (Lipinski definition) is 1. The monoisotopic (exact) mass is 337 g/mol. The summed E-state index contributed by atoms with van der Waals surface area (Å²) in [6.07, 6.45) is 0.928. The maximum atomic E-state index is 13.0. The van der Waals surface area contributed by atoms with Crippen LogP contribution in [-0.2, 0) is 10.1 Å². The Labute approximate surface area is 122 Å². The minimum atomic E-state index is -2.43. The first-order valence-corrected chi connectivity index (χ1v) is 9.04. The van der Waals surface area contributed by atoms with Crippen LogP contribution in [0.1, 0.15) is 18.0 Å². The largest absolute Gasteiger partial charge is 0.267 e. The highest BCUT2D eigenvalue weighted by molar-refractivity contribution is 9.10. The van der Waals surface area contributed by atoms with E-state index in [9.17, 15) is 4.21 Å². The zero-order valence-electron chi connectivity index (χ0n) is 10.4. The van der Waals surface area contributed by atoms with Crippen LogP contribution in [0.2, 0.25) is 0 Å². The molecule has 2 aromatic carbocycles. The van der Waals surface area contributed by atoms with Gasteiger partial charge in [-0.1, -0.05) is 46.3 Å². The highest BCUT2D eigenvalue weighted by atomic mass is 79.9. The Morgan fingerprint density at radius 3 is 2.42 bits per heavy atom. The van der Waals surface area contributed by atoms with E-state index in [1.54, 1.807) is 0 Å². The average Bonchev–Trinajstić information content (AvgIpc) is 2.84. The summed E-state index contributed by atoms with van der Waals surface area (Å²) < 4.78 is 17.4. The molecule has 1 atom stereocenters. The van der Waals surface area contributed by atoms with Crippen LogP contribution in [0.4, 0.5) is 0 Å². The van der Waals surface area contributed by atoms with Crippen molar-refractivity contribution < 1.29 is 4.21 Å². The number of nitrogens with one attached hydrogen (secondary N) is 1. The van der Waals surface area contributed by atoms with Gasteiger partial charge in [0.05, 0.1) is 0 Å². The Kier molecular flexibility index (Phi) is 3.56. The lowest BCUT2D eigenvalue weighted by Gasteiger charge is -2.20. The Morgan fingerprint density at radius 1 is 1.05 bits per heavy atom. The summed E-state index contributed by atoms with van der Waals surface area (Å²) in [6, 6.07) is 18.3. The third-order valence-corrected chi connectivity index (χ3v) is 6.82. The second-order valence-electron chi connectivity index (χ2n) is 4.82. The molecule has 1 N–H and O–H groups in total. The van der Waals surface area contributed by atoms with Crippen molar-refractivity contribution in [3.63, 3.8) is 0 Å². The highest BCUT2D eigenvalue weighted by Crippen LogP contribution is 2.32. The SMILES string of the molecule is O=[SH]1(c2ccc(Br)cc2)CCC(c2ccccc2)N1. The van der Waals surface area contributed by atoms with E-state index in [1.165, 1.54) is 5.56 Å². The van der Waals surface area contributed by atoms with Crippen molar-refractivity contribution in [1.82, 2.24) is 4.72 Å². The van der Waals surface area contributed by atoms with Crippen molar-refractivity contribution in [3.05, 3.63) is 64.6 Å². The molecule has 4 heteroatoms. The molecule has 1 unspecified atom stereocenters. The zero-order valence-corrected chi connectivity index (χ0v) is 12.9. The smallest absolute Gasteiger partial charge is 0.0437 e. The second kappa shape index (κ2) is 5.19. The fourth-order valence-corrected chi connectivity index (χ4v) is 5.34. The molecule has 1 saturated heterocycles. The summed E-state index contributed by atoms with van der Waals surface area (Å²) >= 11 is 3.41. The number of rotatable bonds is 2. The summed E-state index contributed by atoms with van der Waals surface area (Å²) in [7, 11) is -2.43. The Morgan fingerprint density at radius 2 is 1.74 bits per heavy atom. The molecule has 19 heavy (non-hydrogen) atoms. The molecule has 2 aromatic rings. The van der Waals surface area contributed by atoms with Crippen LogP contribution in [0.5, 0.6) is 0 Å². The molecule has 1 fully saturated rings. The van der Waals surface area contributed by atoms with Gasteiger partial charge in [-0.3, -0.25) is 4.21 Å². The van der Waals surface area contributed by atoms with Crippen molar-refractivity contribution >= 4 is 26.0 Å². The van der Waals surface area contributed by atoms with E-state index < -0.39 is 10.1 Å². The molecule has 1 aliphatic rings. The van der Waals surface area contributed by atoms with Gasteiger partial charge in [0.15, 0.2) is 0 Å². The van der Waals surface area contributed by atoms with Crippen LogP contribution in [0.3, 0.4) is 0 Å². The van der Waals surface area contributed by atoms with Gasteiger partial charge in [-0.05, 0) is 46.4 Å². The van der Waals surface area contributed by atoms with Crippen LogP contribution in [-0.4, -0.2) is 9.96 Å². The summed E-state index contributed by atoms with van der Waals surface area (Å²) in [5.74, 6) is 0.730. The molecule has 0 saturated carbocycles. The minimum Gasteiger partial charge on any atom is -0.267 e. The lowest BCUT2D eigenvalue weighted by atomic mass is 10.1. The van der Waals surface area contributed by atoms with Crippen LogP contribution in [0.15, 0.2) is 64.0 Å². The van der Waals surface area contributed by atoms with Crippen molar-refractivity contribution in [2.75, 3.05) is 5.75 Å². The van der Waals surface area contributed by atoms with E-state index in [1.807, 2.05) is 42.5 Å². The van der Waals surface area contributed by atoms with Gasteiger partial charge in [-0.25, -0.2) is 4.72 Å². The van der Waals surface area contributed by atoms with Gasteiger partial charge in [0.25, 0.3) is 0 Å². The number of hydrogen-bond donors (Lipinski definition) is 2. The van der Waals surface area contributed by atoms with Gasteiger partial charge in [0.2, 0.25) is 0 Å². The molecule has 1 heterocycles. The van der Waals surface area contributed by atoms with Crippen molar-refractivity contribution in [2.24, 2.45) is 0 Å². The summed E-state index contributed by atoms with van der Waals surface area (Å²) in [4.78, 5) is 0.925. The Bertz CT molecular complexity index is 612. The van der Waals surface area contributed by atoms with E-state index in [2.05, 4.69) is 32.8 Å². The highest BCUT2D eigenvalue weighted by Gasteiger charge is 2.30. The average molecular weight is 338 g/mol. The third-order valence-electron chi connectivity index (χ3n) is 3.54. The standard InChI is InChI=1S/C15H16BrNOS/c16-13-6-8-14(9-7-13)19(18)11-10-15(17-19)12-4-2-1-3-5-12/h1-9,15,19H,10-11H2,(H,17,18). The lowest BCUT2D eigenvalue weighted by Crippen LogP contribution is -2.27. The molecule has 0 amide bonds. The quantitative estimate of drug-likeness (QED) is 0.807. The van der Waals surface area contributed by atoms with Gasteiger partial charge in [0.1, 0.15) is 0 Å². The van der Waals surface area contributed by atoms with E-state index in [0.29, 0.717) is 0 Å². The molecule has 2 nitrogen and oxygen atoms in total. The van der Waals surface area contributed by atoms with Gasteiger partial charge >= 0.3 is 0 Å². The van der Waals surface area contributed by atoms with Gasteiger partial charge in [-0.2, -0.15) is 0 Å². The zero-order chi connectivity index (χ0) is 13.3. The molecular formula is C15H16BrNOS. The van der Waals surface area contributed by atoms with Gasteiger partial charge < -0.3 is 0 Å². The Balaban J connectivity index is 1.85. The van der Waals surface area contributed by atoms with Crippen LogP contribution in [0.25, 0.3) is 0 Å². The Hall–Kier alpha value is -0.970. The molecular weight excluding hydrogens is 322 g/mol. The third kappa shape index (κ3) is 2.66. The first-order chi connectivity index (χ1) is 9.17. The first-order valence-electron chi connectivity index (χ1n) is 6.35. The molecule has 1 aliphatic heterocycles. The first kappa shape index (κ1) is 13.0. The predicted molar refractivity (Wildman–Crippen MR) is 83.7 cm³/mol. The number of halogens is 1. The lowest BCUT2D eigenvalue weighted by molar-refractivity contribution is 0.650. The van der Waals surface area contributed by atoms with Gasteiger partial charge in [-0.15, -0.1) is 0 Å². The maximum absolute atomic E-state index is 13.0. The fourth-order valence-electron chi connectivity index (χ4n) is 2.50.